The van der Waals surface area contributed by atoms with Crippen LogP contribution in [0.4, 0.5) is 0 Å². The van der Waals surface area contributed by atoms with E-state index in [0.717, 1.165) is 6.07 Å². The Morgan fingerprint density at radius 3 is 2.54 bits per heavy atom. The number of ether oxygens (including phenoxy) is 1. The lowest BCUT2D eigenvalue weighted by Crippen LogP contribution is -2.16. The predicted octanol–water partition coefficient (Wildman–Crippen LogP) is 3.49. The largest absolute Gasteiger partial charge is 0.451 e. The second-order valence-corrected chi connectivity index (χ2v) is 5.36. The molecule has 0 aliphatic carbocycles. The molecule has 5 nitrogen and oxygen atoms in total. The maximum absolute atomic E-state index is 12.0. The van der Waals surface area contributed by atoms with E-state index in [2.05, 4.69) is 0 Å². The third-order valence-corrected chi connectivity index (χ3v) is 3.67. The molecule has 1 aromatic heterocycles. The van der Waals surface area contributed by atoms with Crippen LogP contribution in [0.2, 0.25) is 5.02 Å². The fourth-order valence-corrected chi connectivity index (χ4v) is 2.41. The molecule has 0 saturated heterocycles. The van der Waals surface area contributed by atoms with Crippen LogP contribution in [0, 0.1) is 0 Å². The van der Waals surface area contributed by atoms with Gasteiger partial charge in [-0.3, -0.25) is 9.59 Å². The summed E-state index contributed by atoms with van der Waals surface area (Å²) in [5, 5.41) is 0.636. The Kier molecular flexibility index (Phi) is 4.44. The van der Waals surface area contributed by atoms with Gasteiger partial charge < -0.3 is 9.15 Å². The molecule has 0 spiro atoms. The van der Waals surface area contributed by atoms with Crippen molar-refractivity contribution in [2.75, 3.05) is 6.61 Å². The number of carbonyl (C=O) groups is 2. The van der Waals surface area contributed by atoms with Crippen molar-refractivity contribution >= 4 is 34.3 Å². The lowest BCUT2D eigenvalue weighted by atomic mass is 10.1. The monoisotopic (exact) mass is 342 g/mol. The molecule has 2 aromatic carbocycles. The summed E-state index contributed by atoms with van der Waals surface area (Å²) in [5.74, 6) is -1.60. The van der Waals surface area contributed by atoms with E-state index < -0.39 is 18.4 Å². The van der Waals surface area contributed by atoms with E-state index >= 15 is 0 Å². The van der Waals surface area contributed by atoms with Gasteiger partial charge >= 0.3 is 5.97 Å². The van der Waals surface area contributed by atoms with Crippen LogP contribution in [-0.2, 0) is 4.74 Å². The molecule has 0 bridgehead atoms. The summed E-state index contributed by atoms with van der Waals surface area (Å²) in [5.41, 5.74) is 0.169. The topological polar surface area (TPSA) is 73.6 Å². The van der Waals surface area contributed by atoms with E-state index in [1.165, 1.54) is 6.07 Å². The van der Waals surface area contributed by atoms with E-state index in [4.69, 9.17) is 20.8 Å². The first-order valence-electron chi connectivity index (χ1n) is 7.04. The molecular weight excluding hydrogens is 332 g/mol. The van der Waals surface area contributed by atoms with Crippen molar-refractivity contribution in [3.63, 3.8) is 0 Å². The number of ketones is 1. The summed E-state index contributed by atoms with van der Waals surface area (Å²) in [7, 11) is 0. The predicted molar refractivity (Wildman–Crippen MR) is 88.5 cm³/mol. The first-order valence-corrected chi connectivity index (χ1v) is 7.42. The summed E-state index contributed by atoms with van der Waals surface area (Å²) >= 11 is 5.92. The normalized spacial score (nSPS) is 10.5. The van der Waals surface area contributed by atoms with Crippen molar-refractivity contribution in [3.05, 3.63) is 81.2 Å². The van der Waals surface area contributed by atoms with Gasteiger partial charge in [-0.2, -0.15) is 0 Å². The van der Waals surface area contributed by atoms with E-state index in [1.54, 1.807) is 42.5 Å². The average Bonchev–Trinajstić information content (AvgIpc) is 2.59. The third-order valence-electron chi connectivity index (χ3n) is 3.34. The van der Waals surface area contributed by atoms with E-state index in [-0.39, 0.29) is 27.4 Å². The quantitative estimate of drug-likeness (QED) is 0.536. The fourth-order valence-electron chi connectivity index (χ4n) is 2.17. The number of hydrogen-bond acceptors (Lipinski definition) is 5. The molecule has 3 aromatic rings. The van der Waals surface area contributed by atoms with Crippen LogP contribution in [0.25, 0.3) is 11.0 Å². The van der Waals surface area contributed by atoms with Crippen molar-refractivity contribution in [1.82, 2.24) is 0 Å². The van der Waals surface area contributed by atoms with Crippen LogP contribution in [-0.4, -0.2) is 18.4 Å². The van der Waals surface area contributed by atoms with Crippen LogP contribution in [0.1, 0.15) is 20.9 Å². The minimum Gasteiger partial charge on any atom is -0.451 e. The fraction of sp³-hybridized carbons (Fsp3) is 0.0556. The number of benzene rings is 2. The lowest BCUT2D eigenvalue weighted by Gasteiger charge is -2.05. The van der Waals surface area contributed by atoms with Gasteiger partial charge in [0.2, 0.25) is 11.5 Å². The highest BCUT2D eigenvalue weighted by atomic mass is 35.5. The Morgan fingerprint density at radius 1 is 1.04 bits per heavy atom. The summed E-state index contributed by atoms with van der Waals surface area (Å²) in [4.78, 5) is 36.0. The van der Waals surface area contributed by atoms with Crippen molar-refractivity contribution < 1.29 is 18.7 Å². The van der Waals surface area contributed by atoms with Crippen molar-refractivity contribution in [2.45, 2.75) is 0 Å². The molecule has 3 rings (SSSR count). The zero-order valence-electron chi connectivity index (χ0n) is 12.3. The Balaban J connectivity index is 1.77. The number of para-hydroxylation sites is 1. The SMILES string of the molecule is O=C(OCC(=O)c1ccccc1Cl)c1cc(=O)c2ccccc2o1. The smallest absolute Gasteiger partial charge is 0.374 e. The third kappa shape index (κ3) is 3.21. The van der Waals surface area contributed by atoms with Gasteiger partial charge in [-0.1, -0.05) is 35.9 Å². The number of Topliss-reactive ketones (excluding diaryl/α,β-unsaturated/α-hetero) is 1. The van der Waals surface area contributed by atoms with Crippen molar-refractivity contribution in [3.8, 4) is 0 Å². The highest BCUT2D eigenvalue weighted by Gasteiger charge is 2.17. The van der Waals surface area contributed by atoms with Crippen LogP contribution in [0.15, 0.2) is 63.8 Å². The molecule has 6 heteroatoms. The van der Waals surface area contributed by atoms with Gasteiger partial charge in [0, 0.05) is 11.6 Å². The second-order valence-electron chi connectivity index (χ2n) is 4.95. The van der Waals surface area contributed by atoms with E-state index in [1.807, 2.05) is 0 Å². The second kappa shape index (κ2) is 6.68. The maximum Gasteiger partial charge on any atom is 0.374 e. The summed E-state index contributed by atoms with van der Waals surface area (Å²) < 4.78 is 10.3. The highest BCUT2D eigenvalue weighted by Crippen LogP contribution is 2.16. The zero-order chi connectivity index (χ0) is 17.1. The van der Waals surface area contributed by atoms with Gasteiger partial charge in [0.05, 0.1) is 10.4 Å². The molecular formula is C18H11ClO5. The van der Waals surface area contributed by atoms with Gasteiger partial charge in [-0.15, -0.1) is 0 Å². The van der Waals surface area contributed by atoms with Crippen molar-refractivity contribution in [2.24, 2.45) is 0 Å². The molecule has 0 amide bonds. The Morgan fingerprint density at radius 2 is 1.75 bits per heavy atom. The number of carbonyl (C=O) groups excluding carboxylic acids is 2. The summed E-state index contributed by atoms with van der Waals surface area (Å²) in [6, 6.07) is 14.0. The molecule has 0 aliphatic heterocycles. The standard InChI is InChI=1S/C18H11ClO5/c19-13-7-3-1-5-11(13)15(21)10-23-18(22)17-9-14(20)12-6-2-4-8-16(12)24-17/h1-9H,10H2. The average molecular weight is 343 g/mol. The van der Waals surface area contributed by atoms with Gasteiger partial charge in [0.15, 0.2) is 12.0 Å². The van der Waals surface area contributed by atoms with Crippen LogP contribution < -0.4 is 5.43 Å². The molecule has 0 saturated carbocycles. The number of esters is 1. The maximum atomic E-state index is 12.0. The minimum absolute atomic E-state index is 0.256. The first-order chi connectivity index (χ1) is 11.6. The molecule has 0 N–H and O–H groups in total. The molecule has 0 fully saturated rings. The number of fused-ring (bicyclic) bond motifs is 1. The van der Waals surface area contributed by atoms with Crippen molar-refractivity contribution in [1.29, 1.82) is 0 Å². The van der Waals surface area contributed by atoms with Crippen LogP contribution in [0.5, 0.6) is 0 Å². The summed E-state index contributed by atoms with van der Waals surface area (Å²) in [6.07, 6.45) is 0. The number of rotatable bonds is 4. The molecule has 1 heterocycles. The van der Waals surface area contributed by atoms with Gasteiger partial charge in [-0.05, 0) is 24.3 Å². The Hall–Kier alpha value is -2.92. The molecule has 0 unspecified atom stereocenters. The molecule has 120 valence electrons. The zero-order valence-corrected chi connectivity index (χ0v) is 13.1. The summed E-state index contributed by atoms with van der Waals surface area (Å²) in [6.45, 7) is -0.501. The lowest BCUT2D eigenvalue weighted by molar-refractivity contribution is 0.0444. The number of hydrogen-bond donors (Lipinski definition) is 0. The minimum atomic E-state index is -0.891. The van der Waals surface area contributed by atoms with Crippen LogP contribution >= 0.6 is 11.6 Å². The number of halogens is 1. The Bertz CT molecular complexity index is 990. The van der Waals surface area contributed by atoms with E-state index in [0.29, 0.717) is 5.39 Å². The molecule has 0 radical (unpaired) electrons. The van der Waals surface area contributed by atoms with Crippen LogP contribution in [0.3, 0.4) is 0 Å². The molecule has 24 heavy (non-hydrogen) atoms. The van der Waals surface area contributed by atoms with Gasteiger partial charge in [-0.25, -0.2) is 4.79 Å². The first kappa shape index (κ1) is 16.0. The molecule has 0 atom stereocenters. The van der Waals surface area contributed by atoms with Gasteiger partial charge in [0.25, 0.3) is 0 Å². The van der Waals surface area contributed by atoms with E-state index in [9.17, 15) is 14.4 Å². The van der Waals surface area contributed by atoms with Gasteiger partial charge in [0.1, 0.15) is 5.58 Å². The molecule has 0 aliphatic rings. The highest BCUT2D eigenvalue weighted by molar-refractivity contribution is 6.34. The Labute approximate surface area is 141 Å².